The molecule has 0 spiro atoms. The highest BCUT2D eigenvalue weighted by molar-refractivity contribution is 5.88. The van der Waals surface area contributed by atoms with Gasteiger partial charge < -0.3 is 4.90 Å². The van der Waals surface area contributed by atoms with Crippen LogP contribution in [0.15, 0.2) is 30.8 Å². The molecule has 0 atom stereocenters. The molecule has 0 aliphatic carbocycles. The first-order valence-corrected chi connectivity index (χ1v) is 8.47. The Morgan fingerprint density at radius 3 is 2.67 bits per heavy atom. The van der Waals surface area contributed by atoms with Crippen molar-refractivity contribution in [1.82, 2.24) is 9.38 Å². The van der Waals surface area contributed by atoms with E-state index in [1.165, 1.54) is 19.3 Å². The lowest BCUT2D eigenvalue weighted by molar-refractivity contribution is 0.572. The van der Waals surface area contributed by atoms with Gasteiger partial charge in [-0.25, -0.2) is 4.98 Å². The quantitative estimate of drug-likeness (QED) is 0.708. The predicted molar refractivity (Wildman–Crippen MR) is 98.3 cm³/mol. The van der Waals surface area contributed by atoms with Gasteiger partial charge in [0.25, 0.3) is 0 Å². The molecule has 0 radical (unpaired) electrons. The number of hydrogen-bond donors (Lipinski definition) is 0. The van der Waals surface area contributed by atoms with E-state index in [0.29, 0.717) is 5.56 Å². The Bertz CT molecular complexity index is 984. The van der Waals surface area contributed by atoms with Crippen molar-refractivity contribution in [1.29, 1.82) is 5.26 Å². The number of para-hydroxylation sites is 2. The Morgan fingerprint density at radius 1 is 1.21 bits per heavy atom. The number of benzene rings is 1. The van der Waals surface area contributed by atoms with Crippen molar-refractivity contribution in [2.45, 2.75) is 26.2 Å². The summed E-state index contributed by atoms with van der Waals surface area (Å²) >= 11 is 0. The predicted octanol–water partition coefficient (Wildman–Crippen LogP) is 4.30. The monoisotopic (exact) mass is 316 g/mol. The summed E-state index contributed by atoms with van der Waals surface area (Å²) in [6, 6.07) is 10.4. The van der Waals surface area contributed by atoms with Crippen LogP contribution in [0, 0.1) is 18.3 Å². The molecule has 120 valence electrons. The Labute approximate surface area is 141 Å². The van der Waals surface area contributed by atoms with Crippen LogP contribution in [-0.4, -0.2) is 22.5 Å². The molecule has 4 rings (SSSR count). The van der Waals surface area contributed by atoms with Gasteiger partial charge in [-0.15, -0.1) is 0 Å². The van der Waals surface area contributed by atoms with Crippen LogP contribution in [-0.2, 0) is 0 Å². The first kappa shape index (κ1) is 14.8. The number of hydrogen-bond acceptors (Lipinski definition) is 3. The summed E-state index contributed by atoms with van der Waals surface area (Å²) in [4.78, 5) is 7.18. The average molecular weight is 316 g/mol. The highest BCUT2D eigenvalue weighted by Crippen LogP contribution is 2.34. The minimum atomic E-state index is 0.641. The molecule has 1 aliphatic heterocycles. The Balaban J connectivity index is 2.18. The van der Waals surface area contributed by atoms with Gasteiger partial charge in [0.05, 0.1) is 16.6 Å². The summed E-state index contributed by atoms with van der Waals surface area (Å²) in [5.74, 6) is 1.13. The summed E-state index contributed by atoms with van der Waals surface area (Å²) in [6.07, 6.45) is 5.56. The number of imidazole rings is 1. The van der Waals surface area contributed by atoms with Gasteiger partial charge in [-0.05, 0) is 43.9 Å². The standard InChI is InChI=1S/C20H20N4/c1-3-15-14(2)16(13-21)19-22-17-9-5-6-10-18(17)24(19)20(15)23-11-7-4-8-12-23/h3,5-6,9-10H,1,4,7-8,11-12H2,2H3. The molecule has 1 aromatic carbocycles. The Hall–Kier alpha value is -2.80. The second-order valence-electron chi connectivity index (χ2n) is 6.36. The van der Waals surface area contributed by atoms with Crippen LogP contribution in [0.1, 0.15) is 36.0 Å². The van der Waals surface area contributed by atoms with Crippen LogP contribution in [0.4, 0.5) is 5.82 Å². The second kappa shape index (κ2) is 5.68. The van der Waals surface area contributed by atoms with E-state index in [-0.39, 0.29) is 0 Å². The Morgan fingerprint density at radius 2 is 1.96 bits per heavy atom. The summed E-state index contributed by atoms with van der Waals surface area (Å²) in [5, 5.41) is 9.71. The van der Waals surface area contributed by atoms with Gasteiger partial charge in [0.1, 0.15) is 11.9 Å². The van der Waals surface area contributed by atoms with E-state index in [1.54, 1.807) is 0 Å². The fourth-order valence-electron chi connectivity index (χ4n) is 3.79. The molecule has 2 aromatic heterocycles. The zero-order valence-electron chi connectivity index (χ0n) is 13.9. The number of nitriles is 1. The summed E-state index contributed by atoms with van der Waals surface area (Å²) in [6.45, 7) is 8.10. The SMILES string of the molecule is C=Cc1c(C)c(C#N)c2nc3ccccc3n2c1N1CCCCC1. The maximum absolute atomic E-state index is 9.71. The number of rotatable bonds is 2. The molecular weight excluding hydrogens is 296 g/mol. The molecule has 1 saturated heterocycles. The lowest BCUT2D eigenvalue weighted by Gasteiger charge is -2.31. The van der Waals surface area contributed by atoms with Crippen LogP contribution in [0.25, 0.3) is 22.8 Å². The molecule has 0 unspecified atom stereocenters. The van der Waals surface area contributed by atoms with Crippen LogP contribution >= 0.6 is 0 Å². The number of piperidine rings is 1. The maximum atomic E-state index is 9.71. The van der Waals surface area contributed by atoms with E-state index >= 15 is 0 Å². The van der Waals surface area contributed by atoms with E-state index in [1.807, 2.05) is 31.2 Å². The van der Waals surface area contributed by atoms with E-state index in [2.05, 4.69) is 28.0 Å². The molecule has 1 aliphatic rings. The average Bonchev–Trinajstić information content (AvgIpc) is 3.00. The van der Waals surface area contributed by atoms with Gasteiger partial charge in [-0.2, -0.15) is 5.26 Å². The number of aromatic nitrogens is 2. The zero-order chi connectivity index (χ0) is 16.7. The molecule has 0 amide bonds. The summed E-state index contributed by atoms with van der Waals surface area (Å²) < 4.78 is 2.16. The maximum Gasteiger partial charge on any atom is 0.157 e. The normalized spacial score (nSPS) is 14.9. The lowest BCUT2D eigenvalue weighted by atomic mass is 10.0. The fraction of sp³-hybridized carbons (Fsp3) is 0.300. The first-order chi connectivity index (χ1) is 11.8. The zero-order valence-corrected chi connectivity index (χ0v) is 13.9. The molecule has 3 aromatic rings. The third-order valence-corrected chi connectivity index (χ3v) is 4.99. The highest BCUT2D eigenvalue weighted by Gasteiger charge is 2.23. The van der Waals surface area contributed by atoms with E-state index < -0.39 is 0 Å². The summed E-state index contributed by atoms with van der Waals surface area (Å²) in [5.41, 5.74) is 5.38. The number of pyridine rings is 1. The van der Waals surface area contributed by atoms with Crippen LogP contribution in [0.3, 0.4) is 0 Å². The van der Waals surface area contributed by atoms with Crippen molar-refractivity contribution in [3.05, 3.63) is 47.5 Å². The van der Waals surface area contributed by atoms with Crippen molar-refractivity contribution in [2.24, 2.45) is 0 Å². The van der Waals surface area contributed by atoms with Gasteiger partial charge in [0.2, 0.25) is 0 Å². The molecule has 0 saturated carbocycles. The van der Waals surface area contributed by atoms with Crippen molar-refractivity contribution in [2.75, 3.05) is 18.0 Å². The van der Waals surface area contributed by atoms with Gasteiger partial charge in [-0.1, -0.05) is 24.8 Å². The highest BCUT2D eigenvalue weighted by atomic mass is 15.2. The minimum absolute atomic E-state index is 0.641. The smallest absolute Gasteiger partial charge is 0.157 e. The topological polar surface area (TPSA) is 44.3 Å². The number of anilines is 1. The van der Waals surface area contributed by atoms with Crippen molar-refractivity contribution < 1.29 is 0 Å². The van der Waals surface area contributed by atoms with Gasteiger partial charge in [0, 0.05) is 18.7 Å². The van der Waals surface area contributed by atoms with Crippen molar-refractivity contribution in [3.8, 4) is 6.07 Å². The molecule has 1 fully saturated rings. The van der Waals surface area contributed by atoms with Crippen LogP contribution in [0.5, 0.6) is 0 Å². The minimum Gasteiger partial charge on any atom is -0.357 e. The van der Waals surface area contributed by atoms with Crippen LogP contribution < -0.4 is 4.90 Å². The van der Waals surface area contributed by atoms with E-state index in [4.69, 9.17) is 4.98 Å². The number of nitrogens with zero attached hydrogens (tertiary/aromatic N) is 4. The summed E-state index contributed by atoms with van der Waals surface area (Å²) in [7, 11) is 0. The van der Waals surface area contributed by atoms with Crippen molar-refractivity contribution in [3.63, 3.8) is 0 Å². The van der Waals surface area contributed by atoms with Crippen LogP contribution in [0.2, 0.25) is 0 Å². The third-order valence-electron chi connectivity index (χ3n) is 4.99. The van der Waals surface area contributed by atoms with E-state index in [0.717, 1.165) is 46.7 Å². The molecular formula is C20H20N4. The third kappa shape index (κ3) is 2.01. The number of fused-ring (bicyclic) bond motifs is 3. The molecule has 0 N–H and O–H groups in total. The molecule has 24 heavy (non-hydrogen) atoms. The van der Waals surface area contributed by atoms with E-state index in [9.17, 15) is 5.26 Å². The fourth-order valence-corrected chi connectivity index (χ4v) is 3.79. The molecule has 4 nitrogen and oxygen atoms in total. The Kier molecular flexibility index (Phi) is 3.50. The lowest BCUT2D eigenvalue weighted by Crippen LogP contribution is -2.32. The largest absolute Gasteiger partial charge is 0.357 e. The molecule has 0 bridgehead atoms. The second-order valence-corrected chi connectivity index (χ2v) is 6.36. The van der Waals surface area contributed by atoms with Gasteiger partial charge in [0.15, 0.2) is 5.65 Å². The van der Waals surface area contributed by atoms with Gasteiger partial charge >= 0.3 is 0 Å². The molecule has 3 heterocycles. The first-order valence-electron chi connectivity index (χ1n) is 8.47. The van der Waals surface area contributed by atoms with Crippen molar-refractivity contribution >= 4 is 28.6 Å². The van der Waals surface area contributed by atoms with Gasteiger partial charge in [-0.3, -0.25) is 4.40 Å². The molecule has 4 heteroatoms.